The van der Waals surface area contributed by atoms with Gasteiger partial charge in [-0.25, -0.2) is 9.97 Å². The van der Waals surface area contributed by atoms with Gasteiger partial charge in [0, 0.05) is 12.1 Å². The molecule has 0 saturated heterocycles. The van der Waals surface area contributed by atoms with Gasteiger partial charge in [-0.3, -0.25) is 14.0 Å². The maximum atomic E-state index is 13.1. The summed E-state index contributed by atoms with van der Waals surface area (Å²) in [7, 11) is 0. The van der Waals surface area contributed by atoms with E-state index in [1.165, 1.54) is 10.7 Å². The van der Waals surface area contributed by atoms with Crippen LogP contribution in [-0.2, 0) is 6.42 Å². The van der Waals surface area contributed by atoms with Crippen molar-refractivity contribution >= 4 is 29.1 Å². The maximum Gasteiger partial charge on any atom is 0.271 e. The van der Waals surface area contributed by atoms with Crippen LogP contribution in [0.1, 0.15) is 26.5 Å². The summed E-state index contributed by atoms with van der Waals surface area (Å²) >= 11 is 6.31. The average molecular weight is 478 g/mol. The Morgan fingerprint density at radius 3 is 2.71 bits per heavy atom. The molecule has 3 N–H and O–H groups in total. The van der Waals surface area contributed by atoms with Gasteiger partial charge in [-0.2, -0.15) is 0 Å². The predicted molar refractivity (Wildman–Crippen MR) is 125 cm³/mol. The van der Waals surface area contributed by atoms with Crippen LogP contribution >= 0.6 is 11.6 Å². The van der Waals surface area contributed by atoms with Crippen molar-refractivity contribution in [3.63, 3.8) is 0 Å². The van der Waals surface area contributed by atoms with Crippen LogP contribution in [0.4, 0.5) is 0 Å². The molecule has 10 heteroatoms. The molecule has 0 fully saturated rings. The largest absolute Gasteiger partial charge is 0.486 e. The summed E-state index contributed by atoms with van der Waals surface area (Å²) in [6, 6.07) is 14.7. The monoisotopic (exact) mass is 477 g/mol. The normalized spacial score (nSPS) is 12.5. The first-order valence-electron chi connectivity index (χ1n) is 10.6. The second-order valence-electron chi connectivity index (χ2n) is 7.65. The molecule has 2 aromatic heterocycles. The van der Waals surface area contributed by atoms with E-state index < -0.39 is 5.91 Å². The smallest absolute Gasteiger partial charge is 0.271 e. The number of halogens is 1. The van der Waals surface area contributed by atoms with Gasteiger partial charge in [0.15, 0.2) is 22.8 Å². The number of imidazole rings is 1. The number of amides is 2. The van der Waals surface area contributed by atoms with Crippen molar-refractivity contribution in [1.82, 2.24) is 19.7 Å². The van der Waals surface area contributed by atoms with Crippen LogP contribution in [0, 0.1) is 0 Å². The van der Waals surface area contributed by atoms with E-state index in [9.17, 15) is 9.59 Å². The lowest BCUT2D eigenvalue weighted by Gasteiger charge is -2.20. The van der Waals surface area contributed by atoms with E-state index in [0.29, 0.717) is 48.4 Å². The first kappa shape index (κ1) is 21.7. The SMILES string of the molecule is NC(=O)c1ncn2c(C(=O)NCCc3cc(Cl)c4c(c3)OCCO4)cc(-c3ccccc3)nc12. The van der Waals surface area contributed by atoms with Crippen molar-refractivity contribution in [2.75, 3.05) is 19.8 Å². The van der Waals surface area contributed by atoms with Crippen LogP contribution in [0.25, 0.3) is 16.9 Å². The molecule has 0 radical (unpaired) electrons. The van der Waals surface area contributed by atoms with Gasteiger partial charge in [-0.1, -0.05) is 41.9 Å². The minimum Gasteiger partial charge on any atom is -0.486 e. The van der Waals surface area contributed by atoms with Crippen LogP contribution in [0.5, 0.6) is 11.5 Å². The van der Waals surface area contributed by atoms with Gasteiger partial charge in [-0.15, -0.1) is 0 Å². The highest BCUT2D eigenvalue weighted by molar-refractivity contribution is 6.32. The summed E-state index contributed by atoms with van der Waals surface area (Å²) in [5, 5.41) is 3.38. The highest BCUT2D eigenvalue weighted by Crippen LogP contribution is 2.38. The highest BCUT2D eigenvalue weighted by atomic mass is 35.5. The molecule has 4 aromatic rings. The number of benzene rings is 2. The van der Waals surface area contributed by atoms with Crippen molar-refractivity contribution in [2.24, 2.45) is 5.73 Å². The first-order chi connectivity index (χ1) is 16.5. The number of rotatable bonds is 6. The summed E-state index contributed by atoms with van der Waals surface area (Å²) in [5.74, 6) is 0.0724. The van der Waals surface area contributed by atoms with Crippen LogP contribution < -0.4 is 20.5 Å². The van der Waals surface area contributed by atoms with E-state index in [-0.39, 0.29) is 22.9 Å². The number of carbonyl (C=O) groups is 2. The Morgan fingerprint density at radius 2 is 1.91 bits per heavy atom. The number of hydrogen-bond acceptors (Lipinski definition) is 6. The molecule has 0 bridgehead atoms. The van der Waals surface area contributed by atoms with Gasteiger partial charge in [0.1, 0.15) is 25.2 Å². The molecule has 0 spiro atoms. The standard InChI is InChI=1S/C24H20ClN5O4/c25-16-10-14(11-19-21(16)34-9-8-33-19)6-7-27-24(32)18-12-17(15-4-2-1-3-5-15)29-23-20(22(26)31)28-13-30(18)23/h1-5,10-13H,6-9H2,(H2,26,31)(H,27,32). The fraction of sp³-hybridized carbons (Fsp3) is 0.167. The van der Waals surface area contributed by atoms with Gasteiger partial charge >= 0.3 is 0 Å². The third-order valence-electron chi connectivity index (χ3n) is 5.39. The molecule has 0 unspecified atom stereocenters. The fourth-order valence-electron chi connectivity index (χ4n) is 3.80. The topological polar surface area (TPSA) is 121 Å². The molecule has 5 rings (SSSR count). The minimum absolute atomic E-state index is 0.00208. The number of nitrogens with one attached hydrogen (secondary N) is 1. The molecular weight excluding hydrogens is 458 g/mol. The zero-order chi connectivity index (χ0) is 23.7. The Labute approximate surface area is 199 Å². The van der Waals surface area contributed by atoms with Crippen molar-refractivity contribution in [1.29, 1.82) is 0 Å². The molecule has 0 atom stereocenters. The zero-order valence-electron chi connectivity index (χ0n) is 18.0. The quantitative estimate of drug-likeness (QED) is 0.440. The number of nitrogens with two attached hydrogens (primary N) is 1. The average Bonchev–Trinajstić information content (AvgIpc) is 3.28. The van der Waals surface area contributed by atoms with E-state index in [2.05, 4.69) is 15.3 Å². The van der Waals surface area contributed by atoms with Gasteiger partial charge in [-0.05, 0) is 30.2 Å². The van der Waals surface area contributed by atoms with Crippen molar-refractivity contribution < 1.29 is 19.1 Å². The Kier molecular flexibility index (Phi) is 5.77. The van der Waals surface area contributed by atoms with Gasteiger partial charge in [0.05, 0.1) is 10.7 Å². The van der Waals surface area contributed by atoms with E-state index in [0.717, 1.165) is 11.1 Å². The molecule has 0 aliphatic carbocycles. The third kappa shape index (κ3) is 4.13. The number of fused-ring (bicyclic) bond motifs is 2. The molecule has 172 valence electrons. The van der Waals surface area contributed by atoms with Crippen LogP contribution in [0.2, 0.25) is 5.02 Å². The number of nitrogens with zero attached hydrogens (tertiary/aromatic N) is 3. The van der Waals surface area contributed by atoms with Gasteiger partial charge in [0.2, 0.25) is 0 Å². The lowest BCUT2D eigenvalue weighted by atomic mass is 10.1. The zero-order valence-corrected chi connectivity index (χ0v) is 18.7. The summed E-state index contributed by atoms with van der Waals surface area (Å²) in [6.45, 7) is 1.26. The second kappa shape index (κ2) is 9.03. The lowest BCUT2D eigenvalue weighted by molar-refractivity contribution is 0.0946. The van der Waals surface area contributed by atoms with Crippen molar-refractivity contribution in [3.8, 4) is 22.8 Å². The van der Waals surface area contributed by atoms with E-state index >= 15 is 0 Å². The van der Waals surface area contributed by atoms with Gasteiger partial charge < -0.3 is 20.5 Å². The second-order valence-corrected chi connectivity index (χ2v) is 8.06. The summed E-state index contributed by atoms with van der Waals surface area (Å²) in [5.41, 5.74) is 8.18. The fourth-order valence-corrected chi connectivity index (χ4v) is 4.08. The molecule has 0 saturated carbocycles. The third-order valence-corrected chi connectivity index (χ3v) is 5.67. The van der Waals surface area contributed by atoms with Crippen molar-refractivity contribution in [3.05, 3.63) is 76.8 Å². The molecule has 34 heavy (non-hydrogen) atoms. The first-order valence-corrected chi connectivity index (χ1v) is 11.0. The predicted octanol–water partition coefficient (Wildman–Crippen LogP) is 2.89. The Hall–Kier alpha value is -4.11. The van der Waals surface area contributed by atoms with Crippen LogP contribution in [0.15, 0.2) is 54.9 Å². The van der Waals surface area contributed by atoms with Crippen LogP contribution in [-0.4, -0.2) is 45.9 Å². The lowest BCUT2D eigenvalue weighted by Crippen LogP contribution is -2.28. The summed E-state index contributed by atoms with van der Waals surface area (Å²) in [4.78, 5) is 33.6. The summed E-state index contributed by atoms with van der Waals surface area (Å²) < 4.78 is 12.6. The maximum absolute atomic E-state index is 13.1. The molecule has 1 aliphatic heterocycles. The van der Waals surface area contributed by atoms with Crippen molar-refractivity contribution in [2.45, 2.75) is 6.42 Å². The number of carbonyl (C=O) groups excluding carboxylic acids is 2. The minimum atomic E-state index is -0.720. The summed E-state index contributed by atoms with van der Waals surface area (Å²) in [6.07, 6.45) is 1.89. The number of hydrogen-bond donors (Lipinski definition) is 2. The Bertz CT molecular complexity index is 1400. The molecular formula is C24H20ClN5O4. The Morgan fingerprint density at radius 1 is 1.12 bits per heavy atom. The van der Waals surface area contributed by atoms with E-state index in [1.54, 1.807) is 12.1 Å². The molecule has 3 heterocycles. The van der Waals surface area contributed by atoms with Gasteiger partial charge in [0.25, 0.3) is 11.8 Å². The number of ether oxygens (including phenoxy) is 2. The van der Waals surface area contributed by atoms with E-state index in [1.807, 2.05) is 36.4 Å². The Balaban J connectivity index is 1.40. The molecule has 2 amide bonds. The molecule has 1 aliphatic rings. The molecule has 9 nitrogen and oxygen atoms in total. The van der Waals surface area contributed by atoms with Crippen LogP contribution in [0.3, 0.4) is 0 Å². The molecule has 2 aromatic carbocycles. The number of primary amides is 1. The number of aromatic nitrogens is 3. The highest BCUT2D eigenvalue weighted by Gasteiger charge is 2.20. The van der Waals surface area contributed by atoms with E-state index in [4.69, 9.17) is 26.8 Å².